The first kappa shape index (κ1) is 17.4. The van der Waals surface area contributed by atoms with Crippen molar-refractivity contribution in [3.8, 4) is 11.5 Å². The molecule has 0 atom stereocenters. The number of guanidine groups is 1. The molecule has 128 valence electrons. The number of phenols is 1. The highest BCUT2D eigenvalue weighted by Crippen LogP contribution is 2.46. The van der Waals surface area contributed by atoms with Crippen molar-refractivity contribution in [1.29, 1.82) is 0 Å². The summed E-state index contributed by atoms with van der Waals surface area (Å²) in [5.74, 6) is 1.86. The van der Waals surface area contributed by atoms with E-state index in [2.05, 4.69) is 42.9 Å². The molecule has 1 aromatic carbocycles. The van der Waals surface area contributed by atoms with Gasteiger partial charge in [0.25, 0.3) is 0 Å². The van der Waals surface area contributed by atoms with Crippen molar-refractivity contribution in [2.24, 2.45) is 10.4 Å². The third-order valence-corrected chi connectivity index (χ3v) is 5.32. The summed E-state index contributed by atoms with van der Waals surface area (Å²) < 4.78 is 5.10. The SMILES string of the molecule is CN=C(NCCc1ccc(OC)cc1O)N1CC(C)(C)C1(C)C. The van der Waals surface area contributed by atoms with Crippen LogP contribution in [0, 0.1) is 5.41 Å². The van der Waals surface area contributed by atoms with Crippen LogP contribution in [0.5, 0.6) is 11.5 Å². The molecule has 0 aromatic heterocycles. The molecule has 5 heteroatoms. The van der Waals surface area contributed by atoms with Gasteiger partial charge < -0.3 is 20.1 Å². The van der Waals surface area contributed by atoms with Gasteiger partial charge in [0, 0.05) is 37.2 Å². The van der Waals surface area contributed by atoms with E-state index in [1.54, 1.807) is 13.2 Å². The first-order chi connectivity index (χ1) is 10.7. The fraction of sp³-hybridized carbons (Fsp3) is 0.611. The lowest BCUT2D eigenvalue weighted by atomic mass is 9.65. The number of nitrogens with zero attached hydrogens (tertiary/aromatic N) is 2. The number of aromatic hydroxyl groups is 1. The number of benzene rings is 1. The number of likely N-dealkylation sites (tertiary alicyclic amines) is 1. The third kappa shape index (κ3) is 3.23. The normalized spacial score (nSPS) is 19.2. The fourth-order valence-electron chi connectivity index (χ4n) is 2.89. The molecule has 1 aliphatic rings. The number of phenolic OH excluding ortho intramolecular Hbond substituents is 1. The zero-order valence-electron chi connectivity index (χ0n) is 15.1. The van der Waals surface area contributed by atoms with E-state index in [0.29, 0.717) is 5.75 Å². The van der Waals surface area contributed by atoms with Gasteiger partial charge in [-0.25, -0.2) is 0 Å². The van der Waals surface area contributed by atoms with E-state index in [0.717, 1.165) is 31.0 Å². The molecule has 2 N–H and O–H groups in total. The molecule has 0 bridgehead atoms. The van der Waals surface area contributed by atoms with E-state index in [1.165, 1.54) is 0 Å². The van der Waals surface area contributed by atoms with Crippen molar-refractivity contribution < 1.29 is 9.84 Å². The van der Waals surface area contributed by atoms with Crippen LogP contribution in [0.3, 0.4) is 0 Å². The van der Waals surface area contributed by atoms with Crippen LogP contribution in [0.15, 0.2) is 23.2 Å². The van der Waals surface area contributed by atoms with Crippen LogP contribution in [0.4, 0.5) is 0 Å². The van der Waals surface area contributed by atoms with Gasteiger partial charge >= 0.3 is 0 Å². The van der Waals surface area contributed by atoms with Gasteiger partial charge in [-0.2, -0.15) is 0 Å². The lowest BCUT2D eigenvalue weighted by Crippen LogP contribution is -2.72. The van der Waals surface area contributed by atoms with Crippen molar-refractivity contribution in [3.63, 3.8) is 0 Å². The summed E-state index contributed by atoms with van der Waals surface area (Å²) in [5, 5.41) is 13.4. The maximum absolute atomic E-state index is 10.0. The first-order valence-electron chi connectivity index (χ1n) is 8.07. The Morgan fingerprint density at radius 3 is 2.52 bits per heavy atom. The summed E-state index contributed by atoms with van der Waals surface area (Å²) in [6.45, 7) is 10.8. The predicted molar refractivity (Wildman–Crippen MR) is 94.3 cm³/mol. The maximum atomic E-state index is 10.0. The molecule has 1 heterocycles. The Hall–Kier alpha value is -1.91. The standard InChI is InChI=1S/C18H29N3O2/c1-17(2)12-21(18(17,3)4)16(19-5)20-10-9-13-7-8-14(23-6)11-15(13)22/h7-8,11,22H,9-10,12H2,1-6H3,(H,19,20). The fourth-order valence-corrected chi connectivity index (χ4v) is 2.89. The van der Waals surface area contributed by atoms with E-state index in [9.17, 15) is 5.11 Å². The number of hydrogen-bond acceptors (Lipinski definition) is 3. The van der Waals surface area contributed by atoms with Gasteiger partial charge in [-0.15, -0.1) is 0 Å². The highest BCUT2D eigenvalue weighted by molar-refractivity contribution is 5.82. The Balaban J connectivity index is 1.93. The van der Waals surface area contributed by atoms with Gasteiger partial charge in [-0.05, 0) is 31.9 Å². The number of aliphatic imine (C=N–C) groups is 1. The van der Waals surface area contributed by atoms with Crippen LogP contribution in [0.2, 0.25) is 0 Å². The smallest absolute Gasteiger partial charge is 0.194 e. The zero-order chi connectivity index (χ0) is 17.3. The average molecular weight is 319 g/mol. The lowest BCUT2D eigenvalue weighted by Gasteiger charge is -2.62. The molecule has 0 amide bonds. The van der Waals surface area contributed by atoms with Crippen LogP contribution in [-0.2, 0) is 6.42 Å². The Bertz CT molecular complexity index is 594. The Morgan fingerprint density at radius 2 is 2.04 bits per heavy atom. The van der Waals surface area contributed by atoms with Crippen molar-refractivity contribution in [2.45, 2.75) is 39.7 Å². The Labute approximate surface area is 139 Å². The molecule has 1 saturated heterocycles. The molecule has 0 unspecified atom stereocenters. The Morgan fingerprint density at radius 1 is 1.35 bits per heavy atom. The summed E-state index contributed by atoms with van der Waals surface area (Å²) in [4.78, 5) is 6.71. The molecule has 0 saturated carbocycles. The van der Waals surface area contributed by atoms with Crippen LogP contribution >= 0.6 is 0 Å². The van der Waals surface area contributed by atoms with Gasteiger partial charge in [-0.3, -0.25) is 4.99 Å². The van der Waals surface area contributed by atoms with Gasteiger partial charge in [-0.1, -0.05) is 19.9 Å². The van der Waals surface area contributed by atoms with Gasteiger partial charge in [0.1, 0.15) is 11.5 Å². The van der Waals surface area contributed by atoms with Crippen LogP contribution < -0.4 is 10.1 Å². The topological polar surface area (TPSA) is 57.1 Å². The molecule has 0 radical (unpaired) electrons. The van der Waals surface area contributed by atoms with Crippen LogP contribution in [0.25, 0.3) is 0 Å². The maximum Gasteiger partial charge on any atom is 0.194 e. The minimum atomic E-state index is 0.0805. The molecule has 23 heavy (non-hydrogen) atoms. The van der Waals surface area contributed by atoms with Gasteiger partial charge in [0.15, 0.2) is 5.96 Å². The van der Waals surface area contributed by atoms with E-state index in [-0.39, 0.29) is 16.7 Å². The zero-order valence-corrected chi connectivity index (χ0v) is 15.1. The number of methoxy groups -OCH3 is 1. The number of hydrogen-bond donors (Lipinski definition) is 2. The lowest BCUT2D eigenvalue weighted by molar-refractivity contribution is -0.0666. The minimum absolute atomic E-state index is 0.0805. The molecule has 0 aliphatic carbocycles. The molecule has 1 aliphatic heterocycles. The van der Waals surface area contributed by atoms with Crippen LogP contribution in [0.1, 0.15) is 33.3 Å². The van der Waals surface area contributed by atoms with Crippen molar-refractivity contribution in [1.82, 2.24) is 10.2 Å². The average Bonchev–Trinajstić information content (AvgIpc) is 2.51. The summed E-state index contributed by atoms with van der Waals surface area (Å²) in [5.41, 5.74) is 1.26. The second-order valence-electron chi connectivity index (χ2n) is 7.25. The highest BCUT2D eigenvalue weighted by atomic mass is 16.5. The summed E-state index contributed by atoms with van der Waals surface area (Å²) in [6.07, 6.45) is 0.729. The highest BCUT2D eigenvalue weighted by Gasteiger charge is 2.53. The van der Waals surface area contributed by atoms with Gasteiger partial charge in [0.05, 0.1) is 7.11 Å². The van der Waals surface area contributed by atoms with E-state index in [4.69, 9.17) is 4.74 Å². The molecular weight excluding hydrogens is 290 g/mol. The minimum Gasteiger partial charge on any atom is -0.508 e. The predicted octanol–water partition coefficient (Wildman–Crippen LogP) is 2.64. The van der Waals surface area contributed by atoms with E-state index in [1.807, 2.05) is 19.2 Å². The second kappa shape index (κ2) is 6.30. The molecule has 1 aromatic rings. The molecule has 0 spiro atoms. The van der Waals surface area contributed by atoms with E-state index < -0.39 is 0 Å². The first-order valence-corrected chi connectivity index (χ1v) is 8.07. The van der Waals surface area contributed by atoms with Crippen molar-refractivity contribution in [3.05, 3.63) is 23.8 Å². The molecule has 2 rings (SSSR count). The number of ether oxygens (including phenoxy) is 1. The van der Waals surface area contributed by atoms with E-state index >= 15 is 0 Å². The number of rotatable bonds is 4. The molecule has 1 fully saturated rings. The summed E-state index contributed by atoms with van der Waals surface area (Å²) in [7, 11) is 3.41. The summed E-state index contributed by atoms with van der Waals surface area (Å²) in [6, 6.07) is 5.41. The summed E-state index contributed by atoms with van der Waals surface area (Å²) >= 11 is 0. The third-order valence-electron chi connectivity index (χ3n) is 5.32. The van der Waals surface area contributed by atoms with Crippen molar-refractivity contribution >= 4 is 5.96 Å². The largest absolute Gasteiger partial charge is 0.508 e. The molecule has 5 nitrogen and oxygen atoms in total. The molecular formula is C18H29N3O2. The number of nitrogens with one attached hydrogen (secondary N) is 1. The van der Waals surface area contributed by atoms with Crippen LogP contribution in [-0.4, -0.2) is 48.8 Å². The Kier molecular flexibility index (Phi) is 4.78. The quantitative estimate of drug-likeness (QED) is 0.662. The van der Waals surface area contributed by atoms with Gasteiger partial charge in [0.2, 0.25) is 0 Å². The monoisotopic (exact) mass is 319 g/mol. The van der Waals surface area contributed by atoms with Crippen molar-refractivity contribution in [2.75, 3.05) is 27.2 Å². The second-order valence-corrected chi connectivity index (χ2v) is 7.25.